The number of amides is 1. The second-order valence-corrected chi connectivity index (χ2v) is 3.27. The summed E-state index contributed by atoms with van der Waals surface area (Å²) in [4.78, 5) is 17.2. The minimum Gasteiger partial charge on any atom is -0.342 e. The van der Waals surface area contributed by atoms with Crippen molar-refractivity contribution >= 4 is 5.91 Å². The molecule has 0 N–H and O–H groups in total. The monoisotopic (exact) mass is 203 g/mol. The van der Waals surface area contributed by atoms with E-state index in [1.165, 1.54) is 6.20 Å². The molecule has 1 heterocycles. The van der Waals surface area contributed by atoms with Crippen LogP contribution >= 0.6 is 0 Å². The summed E-state index contributed by atoms with van der Waals surface area (Å²) in [6.45, 7) is 2.74. The van der Waals surface area contributed by atoms with Crippen LogP contribution in [-0.2, 0) is 0 Å². The molecular formula is C11H13N3O. The van der Waals surface area contributed by atoms with Crippen molar-refractivity contribution in [2.24, 2.45) is 0 Å². The number of hydrogen-bond donors (Lipinski definition) is 0. The van der Waals surface area contributed by atoms with Gasteiger partial charge in [-0.05, 0) is 18.6 Å². The maximum atomic E-state index is 11.7. The van der Waals surface area contributed by atoms with Crippen molar-refractivity contribution in [3.05, 3.63) is 29.6 Å². The molecule has 0 radical (unpaired) electrons. The minimum atomic E-state index is -0.0613. The van der Waals surface area contributed by atoms with Crippen LogP contribution in [-0.4, -0.2) is 29.4 Å². The SMILES string of the molecule is CCCN(C)C(=O)c1ccc(C#N)nc1. The molecule has 0 spiro atoms. The first-order chi connectivity index (χ1) is 7.19. The first-order valence-electron chi connectivity index (χ1n) is 4.80. The highest BCUT2D eigenvalue weighted by Gasteiger charge is 2.10. The Labute approximate surface area is 89.2 Å². The lowest BCUT2D eigenvalue weighted by Gasteiger charge is -2.15. The molecule has 4 nitrogen and oxygen atoms in total. The van der Waals surface area contributed by atoms with Crippen molar-refractivity contribution in [2.45, 2.75) is 13.3 Å². The zero-order chi connectivity index (χ0) is 11.3. The largest absolute Gasteiger partial charge is 0.342 e. The predicted octanol–water partition coefficient (Wildman–Crippen LogP) is 1.44. The fraction of sp³-hybridized carbons (Fsp3) is 0.364. The topological polar surface area (TPSA) is 57.0 Å². The van der Waals surface area contributed by atoms with Crippen LogP contribution in [0.15, 0.2) is 18.3 Å². The van der Waals surface area contributed by atoms with Gasteiger partial charge in [-0.15, -0.1) is 0 Å². The summed E-state index contributed by atoms with van der Waals surface area (Å²) >= 11 is 0. The Balaban J connectivity index is 2.79. The summed E-state index contributed by atoms with van der Waals surface area (Å²) in [5, 5.41) is 8.55. The fourth-order valence-corrected chi connectivity index (χ4v) is 1.24. The molecular weight excluding hydrogens is 190 g/mol. The number of nitrogens with zero attached hydrogens (tertiary/aromatic N) is 3. The standard InChI is InChI=1S/C11H13N3O/c1-3-6-14(2)11(15)9-4-5-10(7-12)13-8-9/h4-5,8H,3,6H2,1-2H3. The van der Waals surface area contributed by atoms with Crippen LogP contribution < -0.4 is 0 Å². The van der Waals surface area contributed by atoms with Gasteiger partial charge >= 0.3 is 0 Å². The van der Waals surface area contributed by atoms with E-state index in [9.17, 15) is 4.79 Å². The lowest BCUT2D eigenvalue weighted by Crippen LogP contribution is -2.27. The lowest BCUT2D eigenvalue weighted by molar-refractivity contribution is 0.0794. The van der Waals surface area contributed by atoms with Crippen molar-refractivity contribution in [3.63, 3.8) is 0 Å². The smallest absolute Gasteiger partial charge is 0.255 e. The molecule has 78 valence electrons. The second-order valence-electron chi connectivity index (χ2n) is 3.27. The van der Waals surface area contributed by atoms with E-state index in [1.54, 1.807) is 24.1 Å². The van der Waals surface area contributed by atoms with E-state index in [0.717, 1.165) is 13.0 Å². The first kappa shape index (κ1) is 11.2. The third-order valence-corrected chi connectivity index (χ3v) is 2.03. The Bertz CT molecular complexity index is 378. The van der Waals surface area contributed by atoms with Gasteiger partial charge in [0.2, 0.25) is 0 Å². The summed E-state index contributed by atoms with van der Waals surface area (Å²) in [5.41, 5.74) is 0.842. The van der Waals surface area contributed by atoms with Gasteiger partial charge in [0.15, 0.2) is 0 Å². The third kappa shape index (κ3) is 2.78. The van der Waals surface area contributed by atoms with E-state index in [4.69, 9.17) is 5.26 Å². The van der Waals surface area contributed by atoms with Gasteiger partial charge in [0.1, 0.15) is 11.8 Å². The molecule has 4 heteroatoms. The van der Waals surface area contributed by atoms with E-state index in [1.807, 2.05) is 13.0 Å². The van der Waals surface area contributed by atoms with Crippen molar-refractivity contribution in [3.8, 4) is 6.07 Å². The summed E-state index contributed by atoms with van der Waals surface area (Å²) in [6.07, 6.45) is 2.36. The van der Waals surface area contributed by atoms with Crippen molar-refractivity contribution in [1.82, 2.24) is 9.88 Å². The van der Waals surface area contributed by atoms with Crippen LogP contribution in [0.25, 0.3) is 0 Å². The predicted molar refractivity (Wildman–Crippen MR) is 56.2 cm³/mol. The average molecular weight is 203 g/mol. The van der Waals surface area contributed by atoms with Gasteiger partial charge in [0.25, 0.3) is 5.91 Å². The molecule has 0 aliphatic carbocycles. The molecule has 0 fully saturated rings. The molecule has 1 amide bonds. The summed E-state index contributed by atoms with van der Waals surface area (Å²) in [7, 11) is 1.75. The van der Waals surface area contributed by atoms with Gasteiger partial charge in [0.05, 0.1) is 5.56 Å². The van der Waals surface area contributed by atoms with E-state index in [-0.39, 0.29) is 5.91 Å². The molecule has 1 aromatic rings. The van der Waals surface area contributed by atoms with Gasteiger partial charge in [-0.25, -0.2) is 4.98 Å². The number of rotatable bonds is 3. The van der Waals surface area contributed by atoms with Gasteiger partial charge in [-0.3, -0.25) is 4.79 Å². The number of hydrogen-bond acceptors (Lipinski definition) is 3. The normalized spacial score (nSPS) is 9.40. The molecule has 0 atom stereocenters. The molecule has 0 aromatic carbocycles. The molecule has 0 aliphatic heterocycles. The van der Waals surface area contributed by atoms with Crippen LogP contribution in [0, 0.1) is 11.3 Å². The highest BCUT2D eigenvalue weighted by atomic mass is 16.2. The van der Waals surface area contributed by atoms with Gasteiger partial charge in [-0.2, -0.15) is 5.26 Å². The molecule has 0 unspecified atom stereocenters. The van der Waals surface area contributed by atoms with E-state index < -0.39 is 0 Å². The quantitative estimate of drug-likeness (QED) is 0.746. The second kappa shape index (κ2) is 5.11. The maximum Gasteiger partial charge on any atom is 0.255 e. The molecule has 0 aliphatic rings. The van der Waals surface area contributed by atoms with Crippen LogP contribution in [0.5, 0.6) is 0 Å². The Morgan fingerprint density at radius 1 is 1.60 bits per heavy atom. The number of aromatic nitrogens is 1. The number of pyridine rings is 1. The first-order valence-corrected chi connectivity index (χ1v) is 4.80. The van der Waals surface area contributed by atoms with E-state index in [2.05, 4.69) is 4.98 Å². The van der Waals surface area contributed by atoms with Crippen LogP contribution in [0.2, 0.25) is 0 Å². The molecule has 0 saturated carbocycles. The van der Waals surface area contributed by atoms with Gasteiger partial charge in [0, 0.05) is 19.8 Å². The van der Waals surface area contributed by atoms with Crippen molar-refractivity contribution in [1.29, 1.82) is 5.26 Å². The molecule has 0 bridgehead atoms. The van der Waals surface area contributed by atoms with E-state index >= 15 is 0 Å². The molecule has 1 aromatic heterocycles. The maximum absolute atomic E-state index is 11.7. The number of carbonyl (C=O) groups excluding carboxylic acids is 1. The average Bonchev–Trinajstić information content (AvgIpc) is 2.28. The highest BCUT2D eigenvalue weighted by Crippen LogP contribution is 2.03. The van der Waals surface area contributed by atoms with Gasteiger partial charge in [-0.1, -0.05) is 6.92 Å². The Kier molecular flexibility index (Phi) is 3.81. The van der Waals surface area contributed by atoms with Crippen LogP contribution in [0.3, 0.4) is 0 Å². The number of nitriles is 1. The Morgan fingerprint density at radius 2 is 2.33 bits per heavy atom. The minimum absolute atomic E-state index is 0.0613. The number of carbonyl (C=O) groups is 1. The lowest BCUT2D eigenvalue weighted by atomic mass is 10.2. The third-order valence-electron chi connectivity index (χ3n) is 2.03. The van der Waals surface area contributed by atoms with Crippen LogP contribution in [0.4, 0.5) is 0 Å². The zero-order valence-electron chi connectivity index (χ0n) is 8.90. The fourth-order valence-electron chi connectivity index (χ4n) is 1.24. The van der Waals surface area contributed by atoms with Crippen molar-refractivity contribution in [2.75, 3.05) is 13.6 Å². The van der Waals surface area contributed by atoms with E-state index in [0.29, 0.717) is 11.3 Å². The molecule has 15 heavy (non-hydrogen) atoms. The summed E-state index contributed by atoms with van der Waals surface area (Å²) in [6, 6.07) is 5.09. The highest BCUT2D eigenvalue weighted by molar-refractivity contribution is 5.93. The zero-order valence-corrected chi connectivity index (χ0v) is 8.90. The van der Waals surface area contributed by atoms with Crippen molar-refractivity contribution < 1.29 is 4.79 Å². The van der Waals surface area contributed by atoms with Crippen LogP contribution in [0.1, 0.15) is 29.4 Å². The Hall–Kier alpha value is -1.89. The summed E-state index contributed by atoms with van der Waals surface area (Å²) < 4.78 is 0. The molecule has 0 saturated heterocycles. The Morgan fingerprint density at radius 3 is 2.80 bits per heavy atom. The summed E-state index contributed by atoms with van der Waals surface area (Å²) in [5.74, 6) is -0.0613. The van der Waals surface area contributed by atoms with Gasteiger partial charge < -0.3 is 4.90 Å². The molecule has 1 rings (SSSR count).